The van der Waals surface area contributed by atoms with Crippen LogP contribution in [0.3, 0.4) is 0 Å². The van der Waals surface area contributed by atoms with Crippen LogP contribution in [-0.4, -0.2) is 131 Å². The normalized spacial score (nSPS) is 16.8. The predicted molar refractivity (Wildman–Crippen MR) is 363 cm³/mol. The van der Waals surface area contributed by atoms with E-state index in [1.54, 1.807) is 108 Å². The van der Waals surface area contributed by atoms with Crippen molar-refractivity contribution in [2.24, 2.45) is 45.3 Å². The number of pyridine rings is 1. The highest BCUT2D eigenvalue weighted by molar-refractivity contribution is 7.84. The zero-order chi connectivity index (χ0) is 73.2. The molecule has 11 unspecified atom stereocenters. The lowest BCUT2D eigenvalue weighted by molar-refractivity contribution is -0.689. The van der Waals surface area contributed by atoms with Crippen molar-refractivity contribution in [3.63, 3.8) is 0 Å². The van der Waals surface area contributed by atoms with E-state index < -0.39 is 142 Å². The van der Waals surface area contributed by atoms with E-state index in [0.29, 0.717) is 17.7 Å². The molecule has 0 saturated heterocycles. The highest BCUT2D eigenvalue weighted by atomic mass is 32.2. The third-order valence-corrected chi connectivity index (χ3v) is 19.7. The van der Waals surface area contributed by atoms with E-state index in [-0.39, 0.29) is 117 Å². The Morgan fingerprint density at radius 3 is 1.38 bits per heavy atom. The molecule has 0 radical (unpaired) electrons. The molecule has 25 nitrogen and oxygen atoms in total. The van der Waals surface area contributed by atoms with E-state index in [2.05, 4.69) is 26.3 Å². The van der Waals surface area contributed by atoms with E-state index in [1.807, 2.05) is 44.2 Å². The minimum absolute atomic E-state index is 0.000940. The molecule has 0 saturated carbocycles. The Balaban J connectivity index is 2.38. The number of hydrogen-bond acceptors (Lipinski definition) is 17. The molecule has 0 spiro atoms. The molecule has 3 rings (SSSR count). The Kier molecular flexibility index (Phi) is 33.4. The highest BCUT2D eigenvalue weighted by Crippen LogP contribution is 2.49. The van der Waals surface area contributed by atoms with Crippen molar-refractivity contribution in [3.05, 3.63) is 90.3 Å². The number of aromatic nitrogens is 3. The monoisotopic (exact) mass is 1400 g/mol. The number of carbonyl (C=O) groups excluding carboxylic acids is 8. The van der Waals surface area contributed by atoms with Crippen LogP contribution >= 0.6 is 0 Å². The average molecular weight is 1400 g/mol. The lowest BCUT2D eigenvalue weighted by Crippen LogP contribution is -2.48. The Labute approximate surface area is 575 Å². The summed E-state index contributed by atoms with van der Waals surface area (Å²) in [4.78, 5) is 121. The summed E-state index contributed by atoms with van der Waals surface area (Å²) in [6.07, 6.45) is 5.17. The summed E-state index contributed by atoms with van der Waals surface area (Å²) in [5.41, 5.74) is -4.96. The topological polar surface area (TPSA) is 351 Å². The number of carbonyl (C=O) groups is 8. The summed E-state index contributed by atoms with van der Waals surface area (Å²) >= 11 is 0. The van der Waals surface area contributed by atoms with Crippen molar-refractivity contribution in [2.75, 3.05) is 52.6 Å². The average Bonchev–Trinajstić information content (AvgIpc) is 0.801. The van der Waals surface area contributed by atoms with Gasteiger partial charge in [-0.3, -0.25) is 47.5 Å². The standard InChI is InChI=1S/C70H109N7O18S2/c1-16-66(11,64(84)94-23-8)42-54(60(80)92-21-6)43-69(14,63(83)75-20-5)40-53(59(79)73-18-3)41-70(15,65(85)95-24-9)45-55(61(81)93-22-7)44-68(13,62(82)74-19-4)39-52(58(78)72-17-2)36-51(50-28-26-25-27-29-50)38-67(12,56-31-34-76(35-32-56)47-96(86,87)88)37-49(10)57-30-33-71-46-77(57)48-97(89,90)91/h25-35,46,49,51-55H,16-24,36-45,47-48H2,1-15H3,(H4-2,72,73,74,75,78,79,82,83,86,87,88,89,90,91)/p+2. The molecule has 11 atom stereocenters. The van der Waals surface area contributed by atoms with Gasteiger partial charge in [-0.25, -0.2) is 4.57 Å². The Hall–Kier alpha value is -6.97. The summed E-state index contributed by atoms with van der Waals surface area (Å²) in [6.45, 7) is 26.2. The first-order chi connectivity index (χ1) is 45.4. The Morgan fingerprint density at radius 1 is 0.505 bits per heavy atom. The van der Waals surface area contributed by atoms with Gasteiger partial charge in [0.05, 0.1) is 49.1 Å². The van der Waals surface area contributed by atoms with Gasteiger partial charge in [-0.2, -0.15) is 21.4 Å². The molecule has 3 aromatic rings. The van der Waals surface area contributed by atoms with Crippen LogP contribution in [0.25, 0.3) is 0 Å². The smallest absolute Gasteiger partial charge is 0.326 e. The van der Waals surface area contributed by atoms with Crippen molar-refractivity contribution in [2.45, 2.75) is 203 Å². The van der Waals surface area contributed by atoms with Crippen molar-refractivity contribution in [3.8, 4) is 0 Å². The predicted octanol–water partition coefficient (Wildman–Crippen LogP) is 7.79. The molecule has 2 heterocycles. The lowest BCUT2D eigenvalue weighted by Gasteiger charge is -2.40. The van der Waals surface area contributed by atoms with Crippen LogP contribution in [-0.2, 0) is 94.7 Å². The zero-order valence-electron chi connectivity index (χ0n) is 59.8. The molecule has 0 aliphatic heterocycles. The van der Waals surface area contributed by atoms with Crippen molar-refractivity contribution >= 4 is 67.7 Å². The molecule has 27 heteroatoms. The Morgan fingerprint density at radius 2 is 0.928 bits per heavy atom. The fraction of sp³-hybridized carbons (Fsp3) is 0.671. The summed E-state index contributed by atoms with van der Waals surface area (Å²) in [7, 11) is -8.98. The van der Waals surface area contributed by atoms with Crippen LogP contribution in [0.1, 0.15) is 203 Å². The molecule has 0 bridgehead atoms. The van der Waals surface area contributed by atoms with E-state index in [9.17, 15) is 54.7 Å². The molecular formula is C70H111N7O18S2+2. The van der Waals surface area contributed by atoms with Gasteiger partial charge < -0.3 is 40.2 Å². The van der Waals surface area contributed by atoms with E-state index >= 15 is 9.59 Å². The molecule has 6 N–H and O–H groups in total. The second-order valence-corrected chi connectivity index (χ2v) is 29.8. The first kappa shape index (κ1) is 84.3. The lowest BCUT2D eigenvalue weighted by atomic mass is 9.64. The van der Waals surface area contributed by atoms with Gasteiger partial charge in [0.1, 0.15) is 11.9 Å². The molecular weight excluding hydrogens is 1290 g/mol. The fourth-order valence-electron chi connectivity index (χ4n) is 13.8. The molecule has 2 aromatic heterocycles. The number of benzene rings is 1. The molecule has 0 aliphatic rings. The number of rotatable bonds is 44. The minimum atomic E-state index is -4.53. The molecule has 0 aliphatic carbocycles. The number of hydrogen-bond donors (Lipinski definition) is 6. The summed E-state index contributed by atoms with van der Waals surface area (Å²) in [5, 5.41) is 11.7. The van der Waals surface area contributed by atoms with Gasteiger partial charge in [-0.15, -0.1) is 0 Å². The third kappa shape index (κ3) is 25.7. The van der Waals surface area contributed by atoms with Gasteiger partial charge in [-0.1, -0.05) is 69.9 Å². The first-order valence-corrected chi connectivity index (χ1v) is 37.2. The van der Waals surface area contributed by atoms with Crippen molar-refractivity contribution in [1.29, 1.82) is 0 Å². The van der Waals surface area contributed by atoms with Gasteiger partial charge in [0, 0.05) is 73.0 Å². The van der Waals surface area contributed by atoms with Crippen LogP contribution in [0.5, 0.6) is 0 Å². The highest BCUT2D eigenvalue weighted by Gasteiger charge is 2.51. The maximum absolute atomic E-state index is 15.2. The van der Waals surface area contributed by atoms with Gasteiger partial charge in [0.15, 0.2) is 12.4 Å². The van der Waals surface area contributed by atoms with Gasteiger partial charge in [0.25, 0.3) is 12.2 Å². The van der Waals surface area contributed by atoms with E-state index in [0.717, 1.165) is 5.56 Å². The van der Waals surface area contributed by atoms with Crippen LogP contribution in [0.2, 0.25) is 0 Å². The fourth-order valence-corrected chi connectivity index (χ4v) is 14.9. The molecule has 1 aromatic carbocycles. The van der Waals surface area contributed by atoms with Crippen LogP contribution in [0, 0.1) is 45.3 Å². The van der Waals surface area contributed by atoms with Gasteiger partial charge in [0.2, 0.25) is 29.5 Å². The first-order valence-electron chi connectivity index (χ1n) is 34.0. The summed E-state index contributed by atoms with van der Waals surface area (Å²) < 4.78 is 93.7. The summed E-state index contributed by atoms with van der Waals surface area (Å²) in [5.74, 6) is -11.7. The second-order valence-electron chi connectivity index (χ2n) is 27.0. The van der Waals surface area contributed by atoms with Gasteiger partial charge in [-0.05, 0) is 162 Å². The van der Waals surface area contributed by atoms with Crippen LogP contribution in [0.4, 0.5) is 0 Å². The number of ether oxygens (including phenoxy) is 4. The van der Waals surface area contributed by atoms with E-state index in [4.69, 9.17) is 18.9 Å². The van der Waals surface area contributed by atoms with Crippen LogP contribution < -0.4 is 30.4 Å². The number of amides is 4. The molecule has 544 valence electrons. The second kappa shape index (κ2) is 38.4. The molecule has 97 heavy (non-hydrogen) atoms. The zero-order valence-corrected chi connectivity index (χ0v) is 61.5. The minimum Gasteiger partial charge on any atom is -0.466 e. The quantitative estimate of drug-likeness (QED) is 0.0136. The number of nitrogens with zero attached hydrogens (tertiary/aromatic N) is 3. The number of nitrogens with one attached hydrogen (secondary N) is 4. The number of esters is 4. The molecule has 0 fully saturated rings. The summed E-state index contributed by atoms with van der Waals surface area (Å²) in [6, 6.07) is 14.5. The molecule has 4 amide bonds. The van der Waals surface area contributed by atoms with Gasteiger partial charge >= 0.3 is 44.1 Å². The van der Waals surface area contributed by atoms with Crippen LogP contribution in [0.15, 0.2) is 73.4 Å². The maximum atomic E-state index is 15.2. The third-order valence-electron chi connectivity index (χ3n) is 18.5. The Bertz CT molecular complexity index is 3330. The maximum Gasteiger partial charge on any atom is 0.326 e. The SMILES string of the molecule is CCNC(=O)C(CC(CC(C)(CC(C)c1ccnc[n+]1CS(=O)(=O)O)c1cc[n+](CS(=O)(=O)O)cc1)c1ccccc1)CC(C)(CC(CC(C)(CC(CC(C)(CC(CC(C)(CC)C(=O)OCC)C(=O)OCC)C(=O)NCC)C(=O)NCC)C(=O)OCC)C(=O)OCC)C(=O)NCC. The van der Waals surface area contributed by atoms with Crippen molar-refractivity contribution < 1.29 is 92.4 Å². The largest absolute Gasteiger partial charge is 0.466 e. The van der Waals surface area contributed by atoms with Crippen molar-refractivity contribution in [1.82, 2.24) is 26.3 Å². The van der Waals surface area contributed by atoms with E-state index in [1.165, 1.54) is 34.1 Å².